The first-order valence-electron chi connectivity index (χ1n) is 10.2. The van der Waals surface area contributed by atoms with Crippen molar-refractivity contribution in [3.05, 3.63) is 73.2 Å². The molecule has 0 spiro atoms. The molecule has 0 unspecified atom stereocenters. The average molecular weight is 464 g/mol. The van der Waals surface area contributed by atoms with Crippen molar-refractivity contribution in [3.63, 3.8) is 0 Å². The third kappa shape index (κ3) is 4.39. The molecule has 2 aromatic carbocycles. The monoisotopic (exact) mass is 463 g/mol. The first-order chi connectivity index (χ1) is 15.6. The number of pyridine rings is 1. The largest absolute Gasteiger partial charge is 0.354 e. The fourth-order valence-electron chi connectivity index (χ4n) is 3.59. The molecule has 9 heteroatoms. The van der Waals surface area contributed by atoms with Crippen LogP contribution in [0, 0.1) is 0 Å². The predicted molar refractivity (Wildman–Crippen MR) is 130 cm³/mol. The molecule has 162 valence electrons. The van der Waals surface area contributed by atoms with Gasteiger partial charge in [-0.15, -0.1) is 0 Å². The molecule has 1 fully saturated rings. The molecule has 1 aliphatic heterocycles. The molecular formula is C23H21N5O2S2. The maximum atomic E-state index is 12.6. The van der Waals surface area contributed by atoms with Crippen LogP contribution >= 0.6 is 11.8 Å². The summed E-state index contributed by atoms with van der Waals surface area (Å²) in [6, 6.07) is 15.9. The van der Waals surface area contributed by atoms with Crippen LogP contribution in [0.1, 0.15) is 0 Å². The molecule has 0 radical (unpaired) electrons. The normalized spacial score (nSPS) is 14.4. The molecule has 0 aliphatic carbocycles. The molecule has 5 rings (SSSR count). The highest BCUT2D eigenvalue weighted by Crippen LogP contribution is 2.27. The van der Waals surface area contributed by atoms with Crippen LogP contribution in [0.15, 0.2) is 78.1 Å². The van der Waals surface area contributed by atoms with E-state index in [2.05, 4.69) is 19.6 Å². The Morgan fingerprint density at radius 3 is 2.50 bits per heavy atom. The minimum absolute atomic E-state index is 0.204. The Hall–Kier alpha value is -3.17. The smallest absolute Gasteiger partial charge is 0.261 e. The van der Waals surface area contributed by atoms with Gasteiger partial charge in [-0.05, 0) is 35.9 Å². The van der Waals surface area contributed by atoms with Gasteiger partial charge in [0.2, 0.25) is 0 Å². The van der Waals surface area contributed by atoms with Crippen LogP contribution < -0.4 is 9.62 Å². The number of aromatic nitrogens is 3. The SMILES string of the molecule is O=S(=O)(Nc1cncc(-c2ccc3ncc(N4CCSCC4)nc3c2)c1)c1ccccc1. The van der Waals surface area contributed by atoms with E-state index < -0.39 is 10.0 Å². The number of anilines is 2. The maximum Gasteiger partial charge on any atom is 0.261 e. The van der Waals surface area contributed by atoms with Gasteiger partial charge in [0.05, 0.1) is 34.0 Å². The third-order valence-electron chi connectivity index (χ3n) is 5.24. The molecule has 0 saturated carbocycles. The van der Waals surface area contributed by atoms with E-state index in [0.29, 0.717) is 5.69 Å². The molecule has 32 heavy (non-hydrogen) atoms. The number of nitrogens with one attached hydrogen (secondary N) is 1. The van der Waals surface area contributed by atoms with Gasteiger partial charge in [-0.1, -0.05) is 24.3 Å². The van der Waals surface area contributed by atoms with Gasteiger partial charge in [0.25, 0.3) is 10.0 Å². The minimum atomic E-state index is -3.68. The Morgan fingerprint density at radius 1 is 0.875 bits per heavy atom. The summed E-state index contributed by atoms with van der Waals surface area (Å²) in [7, 11) is -3.68. The van der Waals surface area contributed by atoms with Crippen molar-refractivity contribution in [1.29, 1.82) is 0 Å². The average Bonchev–Trinajstić information content (AvgIpc) is 2.84. The van der Waals surface area contributed by atoms with Crippen molar-refractivity contribution < 1.29 is 8.42 Å². The van der Waals surface area contributed by atoms with E-state index in [9.17, 15) is 8.42 Å². The number of thioether (sulfide) groups is 1. The van der Waals surface area contributed by atoms with Gasteiger partial charge >= 0.3 is 0 Å². The van der Waals surface area contributed by atoms with E-state index in [1.54, 1.807) is 42.6 Å². The van der Waals surface area contributed by atoms with Gasteiger partial charge in [0.15, 0.2) is 0 Å². The van der Waals surface area contributed by atoms with Gasteiger partial charge in [-0.3, -0.25) is 14.7 Å². The third-order valence-corrected chi connectivity index (χ3v) is 7.58. The van der Waals surface area contributed by atoms with E-state index in [4.69, 9.17) is 4.98 Å². The lowest BCUT2D eigenvalue weighted by molar-refractivity contribution is 0.601. The fourth-order valence-corrected chi connectivity index (χ4v) is 5.55. The summed E-state index contributed by atoms with van der Waals surface area (Å²) in [6.45, 7) is 1.94. The number of fused-ring (bicyclic) bond motifs is 1. The summed E-state index contributed by atoms with van der Waals surface area (Å²) in [6.07, 6.45) is 5.04. The van der Waals surface area contributed by atoms with E-state index in [0.717, 1.165) is 52.6 Å². The zero-order valence-electron chi connectivity index (χ0n) is 17.2. The van der Waals surface area contributed by atoms with E-state index in [1.165, 1.54) is 6.20 Å². The summed E-state index contributed by atoms with van der Waals surface area (Å²) >= 11 is 1.95. The summed E-state index contributed by atoms with van der Waals surface area (Å²) in [5, 5.41) is 0. The quantitative estimate of drug-likeness (QED) is 0.478. The second kappa shape index (κ2) is 8.76. The lowest BCUT2D eigenvalue weighted by atomic mass is 10.1. The van der Waals surface area contributed by atoms with Gasteiger partial charge in [0.1, 0.15) is 5.82 Å². The number of benzene rings is 2. The van der Waals surface area contributed by atoms with E-state index in [1.807, 2.05) is 36.2 Å². The van der Waals surface area contributed by atoms with Crippen molar-refractivity contribution in [3.8, 4) is 11.1 Å². The highest BCUT2D eigenvalue weighted by molar-refractivity contribution is 7.99. The van der Waals surface area contributed by atoms with Crippen molar-refractivity contribution in [1.82, 2.24) is 15.0 Å². The second-order valence-electron chi connectivity index (χ2n) is 7.41. The van der Waals surface area contributed by atoms with Crippen molar-refractivity contribution in [2.24, 2.45) is 0 Å². The number of nitrogens with zero attached hydrogens (tertiary/aromatic N) is 4. The number of sulfonamides is 1. The zero-order valence-corrected chi connectivity index (χ0v) is 18.8. The molecule has 2 aromatic heterocycles. The van der Waals surface area contributed by atoms with Crippen molar-refractivity contribution in [2.75, 3.05) is 34.2 Å². The fraction of sp³-hybridized carbons (Fsp3) is 0.174. The molecule has 0 bridgehead atoms. The zero-order chi connectivity index (χ0) is 22.0. The minimum Gasteiger partial charge on any atom is -0.354 e. The molecule has 3 heterocycles. The van der Waals surface area contributed by atoms with Crippen LogP contribution in [0.3, 0.4) is 0 Å². The number of hydrogen-bond acceptors (Lipinski definition) is 7. The molecule has 1 saturated heterocycles. The first-order valence-corrected chi connectivity index (χ1v) is 12.9. The Bertz CT molecular complexity index is 1360. The Balaban J connectivity index is 1.44. The van der Waals surface area contributed by atoms with Crippen LogP contribution in [0.25, 0.3) is 22.2 Å². The van der Waals surface area contributed by atoms with Crippen LogP contribution in [-0.2, 0) is 10.0 Å². The van der Waals surface area contributed by atoms with E-state index in [-0.39, 0.29) is 4.90 Å². The van der Waals surface area contributed by atoms with Gasteiger partial charge in [-0.25, -0.2) is 13.4 Å². The second-order valence-corrected chi connectivity index (χ2v) is 10.3. The summed E-state index contributed by atoms with van der Waals surface area (Å²) in [4.78, 5) is 16.1. The Kier molecular flexibility index (Phi) is 5.67. The Morgan fingerprint density at radius 2 is 1.69 bits per heavy atom. The predicted octanol–water partition coefficient (Wildman–Crippen LogP) is 4.05. The van der Waals surface area contributed by atoms with Gasteiger partial charge in [0, 0.05) is 36.4 Å². The standard InChI is InChI=1S/C23H21N5O2S2/c29-32(30,20-4-2-1-3-5-20)27-19-12-18(14-24-15-19)17-6-7-21-22(13-17)26-23(16-25-21)28-8-10-31-11-9-28/h1-7,12-16,27H,8-11H2. The van der Waals surface area contributed by atoms with Gasteiger partial charge in [-0.2, -0.15) is 11.8 Å². The van der Waals surface area contributed by atoms with Crippen LogP contribution in [0.2, 0.25) is 0 Å². The number of hydrogen-bond donors (Lipinski definition) is 1. The Labute approximate surface area is 191 Å². The first kappa shape index (κ1) is 20.7. The van der Waals surface area contributed by atoms with Crippen LogP contribution in [0.4, 0.5) is 11.5 Å². The molecule has 4 aromatic rings. The summed E-state index contributed by atoms with van der Waals surface area (Å²) in [5.74, 6) is 3.08. The topological polar surface area (TPSA) is 88.1 Å². The maximum absolute atomic E-state index is 12.6. The lowest BCUT2D eigenvalue weighted by Crippen LogP contribution is -2.33. The number of rotatable bonds is 5. The molecule has 0 amide bonds. The van der Waals surface area contributed by atoms with Crippen LogP contribution in [0.5, 0.6) is 0 Å². The molecular weight excluding hydrogens is 442 g/mol. The van der Waals surface area contributed by atoms with E-state index >= 15 is 0 Å². The van der Waals surface area contributed by atoms with Crippen molar-refractivity contribution in [2.45, 2.75) is 4.90 Å². The summed E-state index contributed by atoms with van der Waals surface area (Å²) in [5.41, 5.74) is 3.71. The highest BCUT2D eigenvalue weighted by Gasteiger charge is 2.15. The van der Waals surface area contributed by atoms with Gasteiger partial charge < -0.3 is 4.90 Å². The molecule has 7 nitrogen and oxygen atoms in total. The molecule has 0 atom stereocenters. The molecule has 1 aliphatic rings. The van der Waals surface area contributed by atoms with Crippen molar-refractivity contribution >= 4 is 44.3 Å². The molecule has 1 N–H and O–H groups in total. The van der Waals surface area contributed by atoms with Crippen LogP contribution in [-0.4, -0.2) is 48.0 Å². The highest BCUT2D eigenvalue weighted by atomic mass is 32.2. The summed E-state index contributed by atoms with van der Waals surface area (Å²) < 4.78 is 27.9. The lowest BCUT2D eigenvalue weighted by Gasteiger charge is -2.27.